The molecule has 0 amide bonds. The average Bonchev–Trinajstić information content (AvgIpc) is 2.74. The Balaban J connectivity index is 1.80. The second kappa shape index (κ2) is 9.21. The lowest BCUT2D eigenvalue weighted by Crippen LogP contribution is -2.15. The molecule has 0 saturated heterocycles. The Morgan fingerprint density at radius 1 is 0.931 bits per heavy atom. The van der Waals surface area contributed by atoms with Gasteiger partial charge in [-0.3, -0.25) is 9.52 Å². The Kier molecular flexibility index (Phi) is 6.46. The lowest BCUT2D eigenvalue weighted by Gasteiger charge is -2.11. The number of ketones is 1. The third-order valence-corrected chi connectivity index (χ3v) is 5.49. The van der Waals surface area contributed by atoms with Crippen molar-refractivity contribution in [2.24, 2.45) is 0 Å². The first-order valence-corrected chi connectivity index (χ1v) is 10.6. The second-order valence-electron chi connectivity index (χ2n) is 6.16. The molecule has 0 heterocycles. The van der Waals surface area contributed by atoms with Gasteiger partial charge in [0.05, 0.1) is 17.2 Å². The molecule has 3 aromatic carbocycles. The number of benzene rings is 3. The van der Waals surface area contributed by atoms with Crippen LogP contribution in [0.3, 0.4) is 0 Å². The van der Waals surface area contributed by atoms with E-state index >= 15 is 0 Å². The third-order valence-electron chi connectivity index (χ3n) is 4.11. The van der Waals surface area contributed by atoms with Crippen LogP contribution < -0.4 is 9.46 Å². The van der Waals surface area contributed by atoms with Crippen molar-refractivity contribution in [1.82, 2.24) is 0 Å². The first-order chi connectivity index (χ1) is 14.0. The normalized spacial score (nSPS) is 11.3. The average molecular weight is 407 g/mol. The fraction of sp³-hybridized carbons (Fsp3) is 0.0870. The molecule has 0 radical (unpaired) electrons. The molecule has 0 atom stereocenters. The number of anilines is 1. The Morgan fingerprint density at radius 3 is 2.28 bits per heavy atom. The topological polar surface area (TPSA) is 72.5 Å². The van der Waals surface area contributed by atoms with E-state index < -0.39 is 10.0 Å². The standard InChI is InChI=1S/C23H21NO4S/c1-2-28-19-15-12-18(13-16-19)14-17-23(25)21-10-6-7-11-22(21)24-29(26,27)20-8-4-3-5-9-20/h3-17,24H,2H2,1H3/b17-14+. The van der Waals surface area contributed by atoms with Crippen LogP contribution in [0.15, 0.2) is 89.8 Å². The van der Waals surface area contributed by atoms with Gasteiger partial charge in [-0.2, -0.15) is 0 Å². The number of carbonyl (C=O) groups excluding carboxylic acids is 1. The van der Waals surface area contributed by atoms with Gasteiger partial charge in [0.1, 0.15) is 5.75 Å². The summed E-state index contributed by atoms with van der Waals surface area (Å²) in [5, 5.41) is 0. The second-order valence-corrected chi connectivity index (χ2v) is 7.85. The molecule has 0 aliphatic rings. The Morgan fingerprint density at radius 2 is 1.59 bits per heavy atom. The van der Waals surface area contributed by atoms with E-state index in [2.05, 4.69) is 4.72 Å². The van der Waals surface area contributed by atoms with Gasteiger partial charge in [0, 0.05) is 5.56 Å². The molecular formula is C23H21NO4S. The summed E-state index contributed by atoms with van der Waals surface area (Å²) in [7, 11) is -3.79. The zero-order valence-corrected chi connectivity index (χ0v) is 16.7. The minimum absolute atomic E-state index is 0.132. The highest BCUT2D eigenvalue weighted by Crippen LogP contribution is 2.21. The number of rotatable bonds is 8. The molecule has 0 aliphatic heterocycles. The number of sulfonamides is 1. The van der Waals surface area contributed by atoms with Crippen molar-refractivity contribution in [3.05, 3.63) is 96.1 Å². The smallest absolute Gasteiger partial charge is 0.261 e. The maximum atomic E-state index is 12.7. The van der Waals surface area contributed by atoms with E-state index in [4.69, 9.17) is 4.74 Å². The van der Waals surface area contributed by atoms with Crippen LogP contribution in [0.4, 0.5) is 5.69 Å². The van der Waals surface area contributed by atoms with Crippen molar-refractivity contribution in [2.75, 3.05) is 11.3 Å². The fourth-order valence-electron chi connectivity index (χ4n) is 2.69. The molecule has 0 bridgehead atoms. The highest BCUT2D eigenvalue weighted by Gasteiger charge is 2.17. The van der Waals surface area contributed by atoms with Crippen LogP contribution in [0.1, 0.15) is 22.8 Å². The van der Waals surface area contributed by atoms with Gasteiger partial charge in [-0.05, 0) is 55.0 Å². The zero-order chi connectivity index (χ0) is 20.7. The summed E-state index contributed by atoms with van der Waals surface area (Å²) < 4.78 is 33.1. The minimum Gasteiger partial charge on any atom is -0.494 e. The number of allylic oxidation sites excluding steroid dienone is 1. The van der Waals surface area contributed by atoms with E-state index in [1.54, 1.807) is 48.5 Å². The predicted molar refractivity (Wildman–Crippen MR) is 115 cm³/mol. The summed E-state index contributed by atoms with van der Waals surface area (Å²) in [5.74, 6) is 0.460. The van der Waals surface area contributed by atoms with E-state index in [0.29, 0.717) is 6.61 Å². The summed E-state index contributed by atoms with van der Waals surface area (Å²) >= 11 is 0. The van der Waals surface area contributed by atoms with Gasteiger partial charge in [0.15, 0.2) is 5.78 Å². The molecule has 5 nitrogen and oxygen atoms in total. The maximum absolute atomic E-state index is 12.7. The van der Waals surface area contributed by atoms with Crippen LogP contribution in [-0.2, 0) is 10.0 Å². The molecule has 0 unspecified atom stereocenters. The van der Waals surface area contributed by atoms with Gasteiger partial charge >= 0.3 is 0 Å². The molecule has 3 rings (SSSR count). The van der Waals surface area contributed by atoms with E-state index in [-0.39, 0.29) is 21.9 Å². The van der Waals surface area contributed by atoms with Gasteiger partial charge in [0.25, 0.3) is 10.0 Å². The third kappa shape index (κ3) is 5.33. The predicted octanol–water partition coefficient (Wildman–Crippen LogP) is 4.78. The van der Waals surface area contributed by atoms with Crippen LogP contribution in [0.2, 0.25) is 0 Å². The van der Waals surface area contributed by atoms with Crippen molar-refractivity contribution >= 4 is 27.6 Å². The molecule has 0 spiro atoms. The number of hydrogen-bond donors (Lipinski definition) is 1. The number of carbonyl (C=O) groups is 1. The fourth-order valence-corrected chi connectivity index (χ4v) is 3.79. The van der Waals surface area contributed by atoms with Crippen molar-refractivity contribution in [3.8, 4) is 5.75 Å². The Bertz CT molecular complexity index is 1110. The largest absolute Gasteiger partial charge is 0.494 e. The summed E-state index contributed by atoms with van der Waals surface area (Å²) in [6.45, 7) is 2.50. The van der Waals surface area contributed by atoms with Crippen molar-refractivity contribution in [1.29, 1.82) is 0 Å². The van der Waals surface area contributed by atoms with Crippen LogP contribution in [0.25, 0.3) is 6.08 Å². The van der Waals surface area contributed by atoms with Gasteiger partial charge in [-0.15, -0.1) is 0 Å². The molecule has 29 heavy (non-hydrogen) atoms. The minimum atomic E-state index is -3.79. The van der Waals surface area contributed by atoms with Crippen LogP contribution in [0.5, 0.6) is 5.75 Å². The van der Waals surface area contributed by atoms with E-state index in [9.17, 15) is 13.2 Å². The van der Waals surface area contributed by atoms with Crippen LogP contribution in [0, 0.1) is 0 Å². The lowest BCUT2D eigenvalue weighted by atomic mass is 10.1. The summed E-state index contributed by atoms with van der Waals surface area (Å²) in [6, 6.07) is 21.9. The SMILES string of the molecule is CCOc1ccc(/C=C/C(=O)c2ccccc2NS(=O)(=O)c2ccccc2)cc1. The molecule has 0 aliphatic carbocycles. The van der Waals surface area contributed by atoms with Gasteiger partial charge < -0.3 is 4.74 Å². The summed E-state index contributed by atoms with van der Waals surface area (Å²) in [6.07, 6.45) is 3.10. The first-order valence-electron chi connectivity index (χ1n) is 9.12. The number of para-hydroxylation sites is 1. The monoisotopic (exact) mass is 407 g/mol. The van der Waals surface area contributed by atoms with Crippen molar-refractivity contribution < 1.29 is 17.9 Å². The molecule has 1 N–H and O–H groups in total. The zero-order valence-electron chi connectivity index (χ0n) is 15.9. The number of hydrogen-bond acceptors (Lipinski definition) is 4. The molecule has 0 fully saturated rings. The molecule has 148 valence electrons. The molecule has 0 saturated carbocycles. The lowest BCUT2D eigenvalue weighted by molar-refractivity contribution is 0.104. The Labute approximate surface area is 170 Å². The van der Waals surface area contributed by atoms with Gasteiger partial charge in [-0.25, -0.2) is 8.42 Å². The van der Waals surface area contributed by atoms with E-state index in [0.717, 1.165) is 11.3 Å². The molecule has 6 heteroatoms. The van der Waals surface area contributed by atoms with Gasteiger partial charge in [0.2, 0.25) is 0 Å². The highest BCUT2D eigenvalue weighted by molar-refractivity contribution is 7.92. The number of nitrogens with one attached hydrogen (secondary N) is 1. The number of ether oxygens (including phenoxy) is 1. The summed E-state index contributed by atoms with van der Waals surface area (Å²) in [5.41, 5.74) is 1.34. The van der Waals surface area contributed by atoms with Crippen LogP contribution in [-0.4, -0.2) is 20.8 Å². The quantitative estimate of drug-likeness (QED) is 0.431. The Hall–Kier alpha value is -3.38. The van der Waals surface area contributed by atoms with E-state index in [1.807, 2.05) is 31.2 Å². The van der Waals surface area contributed by atoms with Crippen LogP contribution >= 0.6 is 0 Å². The van der Waals surface area contributed by atoms with Gasteiger partial charge in [-0.1, -0.05) is 48.5 Å². The molecule has 3 aromatic rings. The van der Waals surface area contributed by atoms with Crippen molar-refractivity contribution in [3.63, 3.8) is 0 Å². The summed E-state index contributed by atoms with van der Waals surface area (Å²) in [4.78, 5) is 12.8. The molecule has 0 aromatic heterocycles. The molecular weight excluding hydrogens is 386 g/mol. The first kappa shape index (κ1) is 20.4. The highest BCUT2D eigenvalue weighted by atomic mass is 32.2. The van der Waals surface area contributed by atoms with Crippen molar-refractivity contribution in [2.45, 2.75) is 11.8 Å². The maximum Gasteiger partial charge on any atom is 0.261 e. The van der Waals surface area contributed by atoms with E-state index in [1.165, 1.54) is 18.2 Å².